The Balaban J connectivity index is 1.70. The molecule has 134 valence electrons. The number of benzene rings is 2. The lowest BCUT2D eigenvalue weighted by atomic mass is 10.1. The lowest BCUT2D eigenvalue weighted by molar-refractivity contribution is -0.120. The average molecular weight is 340 g/mol. The Morgan fingerprint density at radius 1 is 0.960 bits per heavy atom. The third-order valence-corrected chi connectivity index (χ3v) is 4.07. The van der Waals surface area contributed by atoms with Crippen molar-refractivity contribution in [1.29, 1.82) is 0 Å². The molecule has 0 heterocycles. The maximum absolute atomic E-state index is 12.1. The Labute approximate surface area is 150 Å². The SMILES string of the molecule is CCCCNc1ccc(CC(=O)NCCc2ccc(OC)cc2)cc1. The molecule has 2 aromatic rings. The van der Waals surface area contributed by atoms with Crippen LogP contribution in [0.2, 0.25) is 0 Å². The van der Waals surface area contributed by atoms with Gasteiger partial charge in [0.2, 0.25) is 5.91 Å². The van der Waals surface area contributed by atoms with Gasteiger partial charge in [-0.05, 0) is 48.2 Å². The van der Waals surface area contributed by atoms with Gasteiger partial charge in [-0.25, -0.2) is 0 Å². The van der Waals surface area contributed by atoms with Crippen LogP contribution in [0.15, 0.2) is 48.5 Å². The molecule has 25 heavy (non-hydrogen) atoms. The summed E-state index contributed by atoms with van der Waals surface area (Å²) in [5, 5.41) is 6.36. The van der Waals surface area contributed by atoms with Crippen molar-refractivity contribution in [3.05, 3.63) is 59.7 Å². The van der Waals surface area contributed by atoms with Crippen molar-refractivity contribution >= 4 is 11.6 Å². The number of unbranched alkanes of at least 4 members (excludes halogenated alkanes) is 1. The van der Waals surface area contributed by atoms with E-state index >= 15 is 0 Å². The predicted molar refractivity (Wildman–Crippen MR) is 103 cm³/mol. The van der Waals surface area contributed by atoms with Crippen molar-refractivity contribution < 1.29 is 9.53 Å². The highest BCUT2D eigenvalue weighted by Crippen LogP contribution is 2.12. The van der Waals surface area contributed by atoms with E-state index < -0.39 is 0 Å². The molecule has 0 radical (unpaired) electrons. The first-order chi connectivity index (χ1) is 12.2. The molecule has 0 saturated carbocycles. The summed E-state index contributed by atoms with van der Waals surface area (Å²) in [6.07, 6.45) is 3.58. The summed E-state index contributed by atoms with van der Waals surface area (Å²) in [7, 11) is 1.66. The molecule has 0 aromatic heterocycles. The number of carbonyl (C=O) groups is 1. The van der Waals surface area contributed by atoms with Gasteiger partial charge in [0.1, 0.15) is 5.75 Å². The minimum absolute atomic E-state index is 0.0557. The number of hydrogen-bond donors (Lipinski definition) is 2. The normalized spacial score (nSPS) is 10.3. The van der Waals surface area contributed by atoms with Gasteiger partial charge in [-0.2, -0.15) is 0 Å². The highest BCUT2D eigenvalue weighted by molar-refractivity contribution is 5.78. The first-order valence-electron chi connectivity index (χ1n) is 8.93. The van der Waals surface area contributed by atoms with Crippen molar-refractivity contribution in [2.24, 2.45) is 0 Å². The van der Waals surface area contributed by atoms with E-state index in [1.807, 2.05) is 48.5 Å². The molecule has 0 unspecified atom stereocenters. The molecule has 0 aliphatic carbocycles. The molecule has 0 fully saturated rings. The van der Waals surface area contributed by atoms with E-state index in [-0.39, 0.29) is 5.91 Å². The van der Waals surface area contributed by atoms with Crippen molar-refractivity contribution in [2.75, 3.05) is 25.5 Å². The fourth-order valence-electron chi connectivity index (χ4n) is 2.54. The Bertz CT molecular complexity index is 636. The van der Waals surface area contributed by atoms with Crippen molar-refractivity contribution in [3.8, 4) is 5.75 Å². The molecule has 2 aromatic carbocycles. The number of anilines is 1. The molecular weight excluding hydrogens is 312 g/mol. The molecule has 0 aliphatic rings. The predicted octanol–water partition coefficient (Wildman–Crippen LogP) is 3.81. The Morgan fingerprint density at radius 2 is 1.64 bits per heavy atom. The van der Waals surface area contributed by atoms with Crippen LogP contribution in [0.4, 0.5) is 5.69 Å². The maximum Gasteiger partial charge on any atom is 0.224 e. The fourth-order valence-corrected chi connectivity index (χ4v) is 2.54. The third-order valence-electron chi connectivity index (χ3n) is 4.07. The number of amides is 1. The van der Waals surface area contributed by atoms with Crippen LogP contribution in [0.3, 0.4) is 0 Å². The molecule has 0 bridgehead atoms. The van der Waals surface area contributed by atoms with E-state index in [1.165, 1.54) is 18.4 Å². The van der Waals surface area contributed by atoms with Gasteiger partial charge in [0, 0.05) is 18.8 Å². The lowest BCUT2D eigenvalue weighted by Gasteiger charge is -2.08. The lowest BCUT2D eigenvalue weighted by Crippen LogP contribution is -2.27. The van der Waals surface area contributed by atoms with Gasteiger partial charge < -0.3 is 15.4 Å². The maximum atomic E-state index is 12.1. The molecule has 0 aliphatic heterocycles. The van der Waals surface area contributed by atoms with Crippen LogP contribution < -0.4 is 15.4 Å². The van der Waals surface area contributed by atoms with Gasteiger partial charge in [-0.3, -0.25) is 4.79 Å². The average Bonchev–Trinajstić information content (AvgIpc) is 2.64. The summed E-state index contributed by atoms with van der Waals surface area (Å²) >= 11 is 0. The number of nitrogens with one attached hydrogen (secondary N) is 2. The van der Waals surface area contributed by atoms with Gasteiger partial charge in [0.25, 0.3) is 0 Å². The van der Waals surface area contributed by atoms with Gasteiger partial charge in [-0.15, -0.1) is 0 Å². The monoisotopic (exact) mass is 340 g/mol. The van der Waals surface area contributed by atoms with Crippen LogP contribution in [0.25, 0.3) is 0 Å². The quantitative estimate of drug-likeness (QED) is 0.647. The standard InChI is InChI=1S/C21H28N2O2/c1-3-4-14-22-19-9-5-18(6-10-19)16-21(24)23-15-13-17-7-11-20(25-2)12-8-17/h5-12,22H,3-4,13-16H2,1-2H3,(H,23,24). The summed E-state index contributed by atoms with van der Waals surface area (Å²) in [5.74, 6) is 0.903. The van der Waals surface area contributed by atoms with Crippen molar-refractivity contribution in [3.63, 3.8) is 0 Å². The Kier molecular flexibility index (Phi) is 7.83. The highest BCUT2D eigenvalue weighted by atomic mass is 16.5. The molecule has 1 amide bonds. The van der Waals surface area contributed by atoms with Crippen LogP contribution in [-0.2, 0) is 17.6 Å². The zero-order valence-electron chi connectivity index (χ0n) is 15.2. The number of rotatable bonds is 10. The van der Waals surface area contributed by atoms with E-state index in [9.17, 15) is 4.79 Å². The summed E-state index contributed by atoms with van der Waals surface area (Å²) in [4.78, 5) is 12.1. The van der Waals surface area contributed by atoms with Crippen LogP contribution in [0.1, 0.15) is 30.9 Å². The van der Waals surface area contributed by atoms with E-state index in [0.29, 0.717) is 13.0 Å². The number of ether oxygens (including phenoxy) is 1. The number of methoxy groups -OCH3 is 1. The Hall–Kier alpha value is -2.49. The van der Waals surface area contributed by atoms with Crippen molar-refractivity contribution in [1.82, 2.24) is 5.32 Å². The molecule has 4 heteroatoms. The molecular formula is C21H28N2O2. The van der Waals surface area contributed by atoms with Gasteiger partial charge in [0.15, 0.2) is 0 Å². The van der Waals surface area contributed by atoms with Crippen molar-refractivity contribution in [2.45, 2.75) is 32.6 Å². The van der Waals surface area contributed by atoms with E-state index in [0.717, 1.165) is 30.0 Å². The summed E-state index contributed by atoms with van der Waals surface area (Å²) < 4.78 is 5.14. The van der Waals surface area contributed by atoms with Crippen LogP contribution in [0, 0.1) is 0 Å². The smallest absolute Gasteiger partial charge is 0.224 e. The summed E-state index contributed by atoms with van der Waals surface area (Å²) in [6, 6.07) is 16.0. The summed E-state index contributed by atoms with van der Waals surface area (Å²) in [5.41, 5.74) is 3.32. The second-order valence-corrected chi connectivity index (χ2v) is 6.10. The molecule has 2 rings (SSSR count). The van der Waals surface area contributed by atoms with E-state index in [2.05, 4.69) is 17.6 Å². The molecule has 0 saturated heterocycles. The highest BCUT2D eigenvalue weighted by Gasteiger charge is 2.03. The van der Waals surface area contributed by atoms with Gasteiger partial charge in [0.05, 0.1) is 13.5 Å². The first kappa shape index (κ1) is 18.8. The largest absolute Gasteiger partial charge is 0.497 e. The molecule has 2 N–H and O–H groups in total. The first-order valence-corrected chi connectivity index (χ1v) is 8.93. The zero-order chi connectivity index (χ0) is 17.9. The van der Waals surface area contributed by atoms with Gasteiger partial charge >= 0.3 is 0 Å². The number of carbonyl (C=O) groups excluding carboxylic acids is 1. The number of hydrogen-bond acceptors (Lipinski definition) is 3. The zero-order valence-corrected chi connectivity index (χ0v) is 15.2. The minimum atomic E-state index is 0.0557. The van der Waals surface area contributed by atoms with Crippen LogP contribution >= 0.6 is 0 Å². The second-order valence-electron chi connectivity index (χ2n) is 6.10. The second kappa shape index (κ2) is 10.4. The van der Waals surface area contributed by atoms with Crippen LogP contribution in [-0.4, -0.2) is 26.1 Å². The topological polar surface area (TPSA) is 50.4 Å². The van der Waals surface area contributed by atoms with Gasteiger partial charge in [-0.1, -0.05) is 37.6 Å². The fraction of sp³-hybridized carbons (Fsp3) is 0.381. The molecule has 4 nitrogen and oxygen atoms in total. The summed E-state index contributed by atoms with van der Waals surface area (Å²) in [6.45, 7) is 3.81. The molecule has 0 atom stereocenters. The van der Waals surface area contributed by atoms with E-state index in [4.69, 9.17) is 4.74 Å². The van der Waals surface area contributed by atoms with E-state index in [1.54, 1.807) is 7.11 Å². The van der Waals surface area contributed by atoms with Crippen LogP contribution in [0.5, 0.6) is 5.75 Å². The Morgan fingerprint density at radius 3 is 2.28 bits per heavy atom. The molecule has 0 spiro atoms. The third kappa shape index (κ3) is 6.87. The minimum Gasteiger partial charge on any atom is -0.497 e.